The summed E-state index contributed by atoms with van der Waals surface area (Å²) in [5, 5.41) is 2.94. The fraction of sp³-hybridized carbons (Fsp3) is 0.0400. The number of para-hydroxylation sites is 1. The van der Waals surface area contributed by atoms with Crippen molar-refractivity contribution in [3.8, 4) is 0 Å². The molecule has 0 unspecified atom stereocenters. The third kappa shape index (κ3) is 3.30. The van der Waals surface area contributed by atoms with Crippen LogP contribution in [0.15, 0.2) is 96.0 Å². The molecule has 1 heterocycles. The van der Waals surface area contributed by atoms with E-state index >= 15 is 0 Å². The number of amides is 1. The van der Waals surface area contributed by atoms with Crippen LogP contribution >= 0.6 is 11.6 Å². The van der Waals surface area contributed by atoms with Crippen LogP contribution in [0.2, 0.25) is 5.02 Å². The van der Waals surface area contributed by atoms with Crippen molar-refractivity contribution in [3.05, 3.63) is 107 Å². The van der Waals surface area contributed by atoms with Crippen molar-refractivity contribution in [2.24, 2.45) is 4.99 Å². The fourth-order valence-corrected chi connectivity index (χ4v) is 3.80. The van der Waals surface area contributed by atoms with E-state index in [1.807, 2.05) is 78.9 Å². The van der Waals surface area contributed by atoms with Gasteiger partial charge in [-0.25, -0.2) is 4.99 Å². The van der Waals surface area contributed by atoms with E-state index < -0.39 is 0 Å². The highest BCUT2D eigenvalue weighted by molar-refractivity contribution is 6.54. The number of hydrogen-bond acceptors (Lipinski definition) is 2. The minimum Gasteiger partial charge on any atom is -0.302 e. The molecule has 29 heavy (non-hydrogen) atoms. The van der Waals surface area contributed by atoms with Crippen molar-refractivity contribution < 1.29 is 4.79 Å². The second kappa shape index (κ2) is 7.19. The molecule has 3 nitrogen and oxygen atoms in total. The van der Waals surface area contributed by atoms with Crippen molar-refractivity contribution in [2.45, 2.75) is 6.54 Å². The summed E-state index contributed by atoms with van der Waals surface area (Å²) in [4.78, 5) is 19.8. The minimum atomic E-state index is -0.0886. The first kappa shape index (κ1) is 17.7. The Kier molecular flexibility index (Phi) is 4.38. The molecule has 0 fully saturated rings. The van der Waals surface area contributed by atoms with E-state index in [0.29, 0.717) is 17.3 Å². The normalized spacial score (nSPS) is 14.6. The summed E-state index contributed by atoms with van der Waals surface area (Å²) in [5.74, 6) is -0.0886. The van der Waals surface area contributed by atoms with Crippen molar-refractivity contribution in [2.75, 3.05) is 4.90 Å². The maximum Gasteiger partial charge on any atom is 0.277 e. The lowest BCUT2D eigenvalue weighted by Crippen LogP contribution is -2.29. The van der Waals surface area contributed by atoms with Gasteiger partial charge in [-0.15, -0.1) is 0 Å². The number of aliphatic imine (C=N–C) groups is 1. The van der Waals surface area contributed by atoms with Crippen molar-refractivity contribution in [1.82, 2.24) is 0 Å². The first-order chi connectivity index (χ1) is 14.2. The highest BCUT2D eigenvalue weighted by Gasteiger charge is 2.33. The monoisotopic (exact) mass is 396 g/mol. The Bertz CT molecular complexity index is 1260. The molecule has 1 aliphatic heterocycles. The van der Waals surface area contributed by atoms with Gasteiger partial charge in [-0.05, 0) is 46.7 Å². The summed E-state index contributed by atoms with van der Waals surface area (Å²) in [7, 11) is 0. The van der Waals surface area contributed by atoms with Crippen LogP contribution in [-0.2, 0) is 11.3 Å². The molecule has 0 saturated heterocycles. The summed E-state index contributed by atoms with van der Waals surface area (Å²) >= 11 is 5.99. The van der Waals surface area contributed by atoms with E-state index in [4.69, 9.17) is 16.6 Å². The first-order valence-electron chi connectivity index (χ1n) is 9.42. The Balaban J connectivity index is 1.55. The van der Waals surface area contributed by atoms with Gasteiger partial charge < -0.3 is 4.90 Å². The van der Waals surface area contributed by atoms with Gasteiger partial charge in [-0.2, -0.15) is 0 Å². The van der Waals surface area contributed by atoms with Gasteiger partial charge in [-0.1, -0.05) is 72.3 Å². The van der Waals surface area contributed by atoms with Gasteiger partial charge in [-0.3, -0.25) is 4.79 Å². The molecule has 0 radical (unpaired) electrons. The summed E-state index contributed by atoms with van der Waals surface area (Å²) < 4.78 is 0. The predicted molar refractivity (Wildman–Crippen MR) is 119 cm³/mol. The van der Waals surface area contributed by atoms with Crippen molar-refractivity contribution in [3.63, 3.8) is 0 Å². The third-order valence-corrected chi connectivity index (χ3v) is 5.38. The number of anilines is 1. The molecule has 1 aliphatic rings. The SMILES string of the molecule is O=C1C(=Nc2ccc3ccccc3c2)c2ccccc2N1Cc1ccc(Cl)cc1. The molecule has 0 aromatic heterocycles. The lowest BCUT2D eigenvalue weighted by molar-refractivity contribution is -0.112. The summed E-state index contributed by atoms with van der Waals surface area (Å²) in [6.45, 7) is 0.476. The van der Waals surface area contributed by atoms with E-state index in [1.54, 1.807) is 4.90 Å². The largest absolute Gasteiger partial charge is 0.302 e. The molecular formula is C25H17ClN2O. The molecule has 0 spiro atoms. The van der Waals surface area contributed by atoms with Gasteiger partial charge in [0.1, 0.15) is 5.71 Å². The lowest BCUT2D eigenvalue weighted by atomic mass is 10.1. The van der Waals surface area contributed by atoms with E-state index in [9.17, 15) is 4.79 Å². The zero-order valence-electron chi connectivity index (χ0n) is 15.5. The van der Waals surface area contributed by atoms with Crippen LogP contribution in [0.1, 0.15) is 11.1 Å². The van der Waals surface area contributed by atoms with Crippen molar-refractivity contribution in [1.29, 1.82) is 0 Å². The standard InChI is InChI=1S/C25H17ClN2O/c26-20-12-9-17(10-13-20)16-28-23-8-4-3-7-22(23)24(25(28)29)27-21-14-11-18-5-1-2-6-19(18)15-21/h1-15H,16H2. The molecule has 4 heteroatoms. The van der Waals surface area contributed by atoms with Gasteiger partial charge in [0.05, 0.1) is 17.9 Å². The van der Waals surface area contributed by atoms with Crippen molar-refractivity contribution >= 4 is 45.4 Å². The minimum absolute atomic E-state index is 0.0886. The Morgan fingerprint density at radius 3 is 2.34 bits per heavy atom. The van der Waals surface area contributed by atoms with Gasteiger partial charge in [0, 0.05) is 10.6 Å². The number of fused-ring (bicyclic) bond motifs is 2. The number of benzene rings is 4. The summed E-state index contributed by atoms with van der Waals surface area (Å²) in [6, 6.07) is 29.5. The Morgan fingerprint density at radius 1 is 0.793 bits per heavy atom. The Morgan fingerprint density at radius 2 is 1.52 bits per heavy atom. The highest BCUT2D eigenvalue weighted by atomic mass is 35.5. The summed E-state index contributed by atoms with van der Waals surface area (Å²) in [6.07, 6.45) is 0. The highest BCUT2D eigenvalue weighted by Crippen LogP contribution is 2.32. The van der Waals surface area contributed by atoms with E-state index in [1.165, 1.54) is 0 Å². The number of rotatable bonds is 3. The zero-order chi connectivity index (χ0) is 19.8. The van der Waals surface area contributed by atoms with Gasteiger partial charge in [0.25, 0.3) is 5.91 Å². The number of carbonyl (C=O) groups is 1. The molecule has 0 saturated carbocycles. The van der Waals surface area contributed by atoms with Crippen LogP contribution in [0.25, 0.3) is 10.8 Å². The van der Waals surface area contributed by atoms with Crippen LogP contribution in [0.3, 0.4) is 0 Å². The third-order valence-electron chi connectivity index (χ3n) is 5.13. The smallest absolute Gasteiger partial charge is 0.277 e. The molecule has 5 rings (SSSR count). The molecule has 0 aliphatic carbocycles. The lowest BCUT2D eigenvalue weighted by Gasteiger charge is -2.16. The topological polar surface area (TPSA) is 32.7 Å². The van der Waals surface area contributed by atoms with Crippen LogP contribution < -0.4 is 4.90 Å². The van der Waals surface area contributed by atoms with E-state index in [-0.39, 0.29) is 5.91 Å². The molecule has 0 N–H and O–H groups in total. The predicted octanol–water partition coefficient (Wildman–Crippen LogP) is 6.16. The van der Waals surface area contributed by atoms with E-state index in [2.05, 4.69) is 12.1 Å². The Hall–Kier alpha value is -3.43. The second-order valence-electron chi connectivity index (χ2n) is 7.03. The maximum atomic E-state index is 13.3. The molecule has 0 bridgehead atoms. The average molecular weight is 397 g/mol. The average Bonchev–Trinajstić information content (AvgIpc) is 3.01. The second-order valence-corrected chi connectivity index (χ2v) is 7.46. The van der Waals surface area contributed by atoms with Crippen LogP contribution in [0.4, 0.5) is 11.4 Å². The van der Waals surface area contributed by atoms with Gasteiger partial charge >= 0.3 is 0 Å². The number of halogens is 1. The number of carbonyl (C=O) groups excluding carboxylic acids is 1. The van der Waals surface area contributed by atoms with Gasteiger partial charge in [0.2, 0.25) is 0 Å². The number of hydrogen-bond donors (Lipinski definition) is 0. The molecule has 0 atom stereocenters. The fourth-order valence-electron chi connectivity index (χ4n) is 3.67. The van der Waals surface area contributed by atoms with Crippen LogP contribution in [0.5, 0.6) is 0 Å². The number of nitrogens with zero attached hydrogens (tertiary/aromatic N) is 2. The molecule has 140 valence electrons. The maximum absolute atomic E-state index is 13.3. The molecular weight excluding hydrogens is 380 g/mol. The molecule has 4 aromatic carbocycles. The van der Waals surface area contributed by atoms with Gasteiger partial charge in [0.15, 0.2) is 0 Å². The van der Waals surface area contributed by atoms with E-state index in [0.717, 1.165) is 33.3 Å². The zero-order valence-corrected chi connectivity index (χ0v) is 16.3. The van der Waals surface area contributed by atoms with Crippen LogP contribution in [-0.4, -0.2) is 11.6 Å². The molecule has 4 aromatic rings. The first-order valence-corrected chi connectivity index (χ1v) is 9.80. The quantitative estimate of drug-likeness (QED) is 0.408. The van der Waals surface area contributed by atoms with Crippen LogP contribution in [0, 0.1) is 0 Å². The Labute approximate surface area is 173 Å². The molecule has 1 amide bonds. The summed E-state index contributed by atoms with van der Waals surface area (Å²) in [5.41, 5.74) is 4.01.